The smallest absolute Gasteiger partial charge is 0.242 e. The van der Waals surface area contributed by atoms with E-state index in [0.29, 0.717) is 21.6 Å². The summed E-state index contributed by atoms with van der Waals surface area (Å²) in [5.41, 5.74) is 2.46. The molecule has 1 atom stereocenters. The first kappa shape index (κ1) is 20.8. The number of aryl methyl sites for hydroxylation is 1. The van der Waals surface area contributed by atoms with Crippen LogP contribution in [0.5, 0.6) is 5.75 Å². The largest absolute Gasteiger partial charge is 0.495 e. The molecule has 2 aromatic carbocycles. The molecule has 8 heteroatoms. The standard InChI is InChI=1S/C22H22ClN3O3S/c1-13-5-3-4-6-17(13)25-22-26(15-8-9-15)21(28)19(30-22)12-20(27)24-14-7-10-18(29-2)16(23)11-14/h3-7,10-11,15,19H,8-9,12H2,1-2H3,(H,24,27). The number of anilines is 1. The summed E-state index contributed by atoms with van der Waals surface area (Å²) in [6, 6.07) is 13.1. The molecule has 1 saturated heterocycles. The van der Waals surface area contributed by atoms with Crippen molar-refractivity contribution in [1.29, 1.82) is 0 Å². The van der Waals surface area contributed by atoms with E-state index in [1.54, 1.807) is 23.1 Å². The lowest BCUT2D eigenvalue weighted by atomic mass is 10.2. The lowest BCUT2D eigenvalue weighted by Gasteiger charge is -2.15. The van der Waals surface area contributed by atoms with Gasteiger partial charge in [-0.1, -0.05) is 41.6 Å². The van der Waals surface area contributed by atoms with Crippen LogP contribution in [-0.2, 0) is 9.59 Å². The van der Waals surface area contributed by atoms with Gasteiger partial charge >= 0.3 is 0 Å². The molecule has 2 amide bonds. The number of thioether (sulfide) groups is 1. The zero-order valence-electron chi connectivity index (χ0n) is 16.7. The number of hydrogen-bond donors (Lipinski definition) is 1. The van der Waals surface area contributed by atoms with Crippen molar-refractivity contribution in [2.75, 3.05) is 12.4 Å². The summed E-state index contributed by atoms with van der Waals surface area (Å²) in [6.45, 7) is 1.99. The van der Waals surface area contributed by atoms with Gasteiger partial charge in [0.1, 0.15) is 11.0 Å². The summed E-state index contributed by atoms with van der Waals surface area (Å²) in [7, 11) is 1.53. The van der Waals surface area contributed by atoms with Crippen molar-refractivity contribution in [1.82, 2.24) is 4.90 Å². The van der Waals surface area contributed by atoms with E-state index >= 15 is 0 Å². The predicted octanol–water partition coefficient (Wildman–Crippen LogP) is 4.78. The Morgan fingerprint density at radius 1 is 1.30 bits per heavy atom. The number of carbonyl (C=O) groups excluding carboxylic acids is 2. The van der Waals surface area contributed by atoms with Gasteiger partial charge in [0.05, 0.1) is 17.8 Å². The normalized spacial score (nSPS) is 20.0. The van der Waals surface area contributed by atoms with Gasteiger partial charge in [0.15, 0.2) is 5.17 Å². The second kappa shape index (κ2) is 8.70. The monoisotopic (exact) mass is 443 g/mol. The third kappa shape index (κ3) is 4.47. The highest BCUT2D eigenvalue weighted by Gasteiger charge is 2.46. The topological polar surface area (TPSA) is 71.0 Å². The maximum atomic E-state index is 13.0. The number of nitrogens with one attached hydrogen (secondary N) is 1. The Kier molecular flexibility index (Phi) is 6.01. The number of amidine groups is 1. The maximum absolute atomic E-state index is 13.0. The van der Waals surface area contributed by atoms with E-state index in [-0.39, 0.29) is 24.3 Å². The van der Waals surface area contributed by atoms with E-state index in [4.69, 9.17) is 21.3 Å². The van der Waals surface area contributed by atoms with Crippen LogP contribution in [0.4, 0.5) is 11.4 Å². The van der Waals surface area contributed by atoms with Crippen molar-refractivity contribution in [2.24, 2.45) is 4.99 Å². The van der Waals surface area contributed by atoms with Crippen LogP contribution in [0, 0.1) is 6.92 Å². The minimum atomic E-state index is -0.484. The third-order valence-electron chi connectivity index (χ3n) is 5.02. The van der Waals surface area contributed by atoms with Gasteiger partial charge in [0.2, 0.25) is 11.8 Å². The van der Waals surface area contributed by atoms with Crippen LogP contribution < -0.4 is 10.1 Å². The fraction of sp³-hybridized carbons (Fsp3) is 0.318. The van der Waals surface area contributed by atoms with E-state index in [1.807, 2.05) is 31.2 Å². The number of benzene rings is 2. The lowest BCUT2D eigenvalue weighted by Crippen LogP contribution is -2.35. The van der Waals surface area contributed by atoms with E-state index < -0.39 is 5.25 Å². The molecule has 156 valence electrons. The fourth-order valence-corrected chi connectivity index (χ4v) is 4.74. The minimum absolute atomic E-state index is 0.0438. The van der Waals surface area contributed by atoms with Gasteiger partial charge in [-0.3, -0.25) is 14.5 Å². The Morgan fingerprint density at radius 3 is 2.73 bits per heavy atom. The molecule has 1 aliphatic carbocycles. The molecule has 6 nitrogen and oxygen atoms in total. The van der Waals surface area contributed by atoms with Gasteiger partial charge in [-0.15, -0.1) is 0 Å². The summed E-state index contributed by atoms with van der Waals surface area (Å²) in [6.07, 6.45) is 2.02. The maximum Gasteiger partial charge on any atom is 0.242 e. The first-order valence-electron chi connectivity index (χ1n) is 9.73. The van der Waals surface area contributed by atoms with Crippen molar-refractivity contribution in [3.63, 3.8) is 0 Å². The van der Waals surface area contributed by atoms with Crippen molar-refractivity contribution in [3.05, 3.63) is 53.1 Å². The van der Waals surface area contributed by atoms with E-state index in [2.05, 4.69) is 5.32 Å². The molecule has 2 aliphatic rings. The van der Waals surface area contributed by atoms with Crippen LogP contribution in [0.3, 0.4) is 0 Å². The molecule has 1 N–H and O–H groups in total. The van der Waals surface area contributed by atoms with Crippen LogP contribution in [0.2, 0.25) is 5.02 Å². The Morgan fingerprint density at radius 2 is 2.07 bits per heavy atom. The summed E-state index contributed by atoms with van der Waals surface area (Å²) in [4.78, 5) is 32.1. The van der Waals surface area contributed by atoms with Crippen LogP contribution in [0.1, 0.15) is 24.8 Å². The van der Waals surface area contributed by atoms with Gasteiger partial charge in [0.25, 0.3) is 0 Å². The molecule has 0 radical (unpaired) electrons. The second-order valence-electron chi connectivity index (χ2n) is 7.33. The molecule has 1 aliphatic heterocycles. The van der Waals surface area contributed by atoms with E-state index in [1.165, 1.54) is 18.9 Å². The number of methoxy groups -OCH3 is 1. The average Bonchev–Trinajstić information content (AvgIpc) is 3.49. The third-order valence-corrected chi connectivity index (χ3v) is 6.46. The number of hydrogen-bond acceptors (Lipinski definition) is 5. The molecule has 1 saturated carbocycles. The predicted molar refractivity (Wildman–Crippen MR) is 121 cm³/mol. The summed E-state index contributed by atoms with van der Waals surface area (Å²) >= 11 is 7.49. The Hall–Kier alpha value is -2.51. The number of halogens is 1. The molecule has 1 heterocycles. The quantitative estimate of drug-likeness (QED) is 0.697. The molecular weight excluding hydrogens is 422 g/mol. The molecular formula is C22H22ClN3O3S. The highest BCUT2D eigenvalue weighted by atomic mass is 35.5. The average molecular weight is 444 g/mol. The fourth-order valence-electron chi connectivity index (χ4n) is 3.28. The molecule has 0 aromatic heterocycles. The van der Waals surface area contributed by atoms with Gasteiger partial charge in [-0.2, -0.15) is 0 Å². The van der Waals surface area contributed by atoms with Crippen LogP contribution in [0.15, 0.2) is 47.5 Å². The number of nitrogens with zero attached hydrogens (tertiary/aromatic N) is 2. The lowest BCUT2D eigenvalue weighted by molar-refractivity contribution is -0.128. The van der Waals surface area contributed by atoms with Crippen molar-refractivity contribution in [2.45, 2.75) is 37.5 Å². The molecule has 2 aromatic rings. The minimum Gasteiger partial charge on any atom is -0.495 e. The van der Waals surface area contributed by atoms with E-state index in [9.17, 15) is 9.59 Å². The summed E-state index contributed by atoms with van der Waals surface area (Å²) in [5, 5.41) is 3.42. The van der Waals surface area contributed by atoms with Gasteiger partial charge in [-0.25, -0.2) is 4.99 Å². The molecule has 2 fully saturated rings. The first-order valence-corrected chi connectivity index (χ1v) is 11.0. The van der Waals surface area contributed by atoms with Crippen LogP contribution >= 0.6 is 23.4 Å². The van der Waals surface area contributed by atoms with Gasteiger partial charge in [-0.05, 0) is 49.6 Å². The number of para-hydroxylation sites is 1. The molecule has 0 spiro atoms. The Balaban J connectivity index is 1.48. The zero-order valence-corrected chi connectivity index (χ0v) is 18.3. The number of aliphatic imine (C=N–C) groups is 1. The first-order chi connectivity index (χ1) is 14.5. The zero-order chi connectivity index (χ0) is 21.3. The van der Waals surface area contributed by atoms with Crippen molar-refractivity contribution >= 4 is 51.7 Å². The second-order valence-corrected chi connectivity index (χ2v) is 8.91. The van der Waals surface area contributed by atoms with E-state index in [0.717, 1.165) is 24.1 Å². The van der Waals surface area contributed by atoms with Crippen molar-refractivity contribution < 1.29 is 14.3 Å². The Labute approximate surface area is 184 Å². The SMILES string of the molecule is COc1ccc(NC(=O)CC2SC(=Nc3ccccc3C)N(C3CC3)C2=O)cc1Cl. The van der Waals surface area contributed by atoms with Gasteiger partial charge in [0, 0.05) is 18.2 Å². The summed E-state index contributed by atoms with van der Waals surface area (Å²) in [5.74, 6) is 0.251. The number of rotatable bonds is 6. The molecule has 4 rings (SSSR count). The number of carbonyl (C=O) groups is 2. The number of ether oxygens (including phenoxy) is 1. The summed E-state index contributed by atoms with van der Waals surface area (Å²) < 4.78 is 5.12. The number of amides is 2. The van der Waals surface area contributed by atoms with Crippen LogP contribution in [-0.4, -0.2) is 40.3 Å². The van der Waals surface area contributed by atoms with Crippen LogP contribution in [0.25, 0.3) is 0 Å². The molecule has 0 bridgehead atoms. The Bertz CT molecular complexity index is 1020. The van der Waals surface area contributed by atoms with Crippen molar-refractivity contribution in [3.8, 4) is 5.75 Å². The van der Waals surface area contributed by atoms with Gasteiger partial charge < -0.3 is 10.1 Å². The molecule has 1 unspecified atom stereocenters. The highest BCUT2D eigenvalue weighted by Crippen LogP contribution is 2.40. The highest BCUT2D eigenvalue weighted by molar-refractivity contribution is 8.15. The molecule has 30 heavy (non-hydrogen) atoms.